The van der Waals surface area contributed by atoms with E-state index in [2.05, 4.69) is 46.4 Å². The van der Waals surface area contributed by atoms with Crippen LogP contribution in [0.25, 0.3) is 0 Å². The molecule has 0 spiro atoms. The van der Waals surface area contributed by atoms with E-state index in [9.17, 15) is 9.90 Å². The molecule has 7 heteroatoms. The van der Waals surface area contributed by atoms with Crippen molar-refractivity contribution in [3.05, 3.63) is 136 Å². The lowest BCUT2D eigenvalue weighted by atomic mass is 9.84. The predicted octanol–water partition coefficient (Wildman–Crippen LogP) is 5.66. The predicted molar refractivity (Wildman–Crippen MR) is 154 cm³/mol. The smallest absolute Gasteiger partial charge is 0.214 e. The summed E-state index contributed by atoms with van der Waals surface area (Å²) >= 11 is 1.65. The van der Waals surface area contributed by atoms with Crippen molar-refractivity contribution in [3.63, 3.8) is 0 Å². The Hall–Kier alpha value is -3.94. The molecule has 0 unspecified atom stereocenters. The van der Waals surface area contributed by atoms with E-state index < -0.39 is 4.75 Å². The molecule has 4 aromatic rings. The maximum absolute atomic E-state index is 12.4. The van der Waals surface area contributed by atoms with Crippen LogP contribution in [0.15, 0.2) is 108 Å². The Labute approximate surface area is 228 Å². The molecule has 0 aliphatic heterocycles. The van der Waals surface area contributed by atoms with Crippen LogP contribution in [0.2, 0.25) is 0 Å². The molecule has 4 rings (SSSR count). The molecule has 1 amide bonds. The van der Waals surface area contributed by atoms with Crippen LogP contribution < -0.4 is 5.73 Å². The third kappa shape index (κ3) is 5.79. The number of rotatable bonds is 11. The van der Waals surface area contributed by atoms with Gasteiger partial charge in [-0.2, -0.15) is 0 Å². The molecular formula is C31H32N4O2S. The van der Waals surface area contributed by atoms with Crippen LogP contribution in [0.3, 0.4) is 0 Å². The summed E-state index contributed by atoms with van der Waals surface area (Å²) < 4.78 is -0.629. The number of anilines is 1. The quantitative estimate of drug-likeness (QED) is 0.194. The SMILES string of the molecule is CC(=C(CCO)SC(c1ccccc1)(c1ccccc1)c1ccccc1)N(C=O)Cc1cnc(C)nc1N. The number of allylic oxidation sites excluding steroid dienone is 1. The molecule has 0 bridgehead atoms. The first-order valence-corrected chi connectivity index (χ1v) is 13.3. The summed E-state index contributed by atoms with van der Waals surface area (Å²) in [4.78, 5) is 23.3. The van der Waals surface area contributed by atoms with Crippen molar-refractivity contribution in [1.82, 2.24) is 14.9 Å². The summed E-state index contributed by atoms with van der Waals surface area (Å²) in [5.41, 5.74) is 10.8. The second-order valence-electron chi connectivity index (χ2n) is 8.92. The van der Waals surface area contributed by atoms with Crippen LogP contribution in [-0.2, 0) is 16.1 Å². The number of aryl methyl sites for hydroxylation is 1. The van der Waals surface area contributed by atoms with E-state index in [4.69, 9.17) is 5.73 Å². The molecule has 38 heavy (non-hydrogen) atoms. The van der Waals surface area contributed by atoms with Gasteiger partial charge in [-0.05, 0) is 30.5 Å². The molecule has 1 aromatic heterocycles. The van der Waals surface area contributed by atoms with E-state index in [1.807, 2.05) is 61.5 Å². The topological polar surface area (TPSA) is 92.3 Å². The second kappa shape index (κ2) is 12.5. The average Bonchev–Trinajstić information content (AvgIpc) is 2.96. The molecule has 0 fully saturated rings. The highest BCUT2D eigenvalue weighted by Crippen LogP contribution is 2.52. The largest absolute Gasteiger partial charge is 0.396 e. The Kier molecular flexibility index (Phi) is 8.94. The van der Waals surface area contributed by atoms with Crippen molar-refractivity contribution in [2.24, 2.45) is 0 Å². The van der Waals surface area contributed by atoms with Gasteiger partial charge in [-0.3, -0.25) is 4.79 Å². The third-order valence-corrected chi connectivity index (χ3v) is 8.24. The first-order chi connectivity index (χ1) is 18.5. The van der Waals surface area contributed by atoms with E-state index in [0.717, 1.165) is 33.7 Å². The number of benzene rings is 3. The minimum atomic E-state index is -0.629. The van der Waals surface area contributed by atoms with Crippen LogP contribution in [0.1, 0.15) is 41.4 Å². The van der Waals surface area contributed by atoms with Gasteiger partial charge in [-0.1, -0.05) is 91.0 Å². The molecule has 0 saturated carbocycles. The average molecular weight is 525 g/mol. The molecule has 6 nitrogen and oxygen atoms in total. The van der Waals surface area contributed by atoms with Gasteiger partial charge in [0.15, 0.2) is 0 Å². The van der Waals surface area contributed by atoms with E-state index in [0.29, 0.717) is 23.6 Å². The van der Waals surface area contributed by atoms with Crippen molar-refractivity contribution in [3.8, 4) is 0 Å². The highest BCUT2D eigenvalue weighted by atomic mass is 32.2. The molecule has 0 aliphatic carbocycles. The van der Waals surface area contributed by atoms with Crippen molar-refractivity contribution in [2.75, 3.05) is 12.3 Å². The fourth-order valence-corrected chi connectivity index (χ4v) is 6.09. The van der Waals surface area contributed by atoms with Crippen LogP contribution >= 0.6 is 11.8 Å². The zero-order chi connectivity index (χ0) is 27.0. The molecule has 0 atom stereocenters. The second-order valence-corrected chi connectivity index (χ2v) is 10.2. The van der Waals surface area contributed by atoms with Gasteiger partial charge in [-0.25, -0.2) is 9.97 Å². The molecule has 3 N–H and O–H groups in total. The molecule has 3 aromatic carbocycles. The number of hydrogen-bond acceptors (Lipinski definition) is 6. The summed E-state index contributed by atoms with van der Waals surface area (Å²) in [6, 6.07) is 31.0. The summed E-state index contributed by atoms with van der Waals surface area (Å²) in [5.74, 6) is 0.923. The molecule has 0 saturated heterocycles. The monoisotopic (exact) mass is 524 g/mol. The number of nitrogen functional groups attached to an aromatic ring is 1. The Morgan fingerprint density at radius 1 is 0.947 bits per heavy atom. The minimum Gasteiger partial charge on any atom is -0.396 e. The fourth-order valence-electron chi connectivity index (χ4n) is 4.50. The van der Waals surface area contributed by atoms with Gasteiger partial charge in [0.1, 0.15) is 11.6 Å². The summed E-state index contributed by atoms with van der Waals surface area (Å²) in [6.07, 6.45) is 2.83. The van der Waals surface area contributed by atoms with Crippen molar-refractivity contribution in [1.29, 1.82) is 0 Å². The number of aromatic nitrogens is 2. The molecule has 0 aliphatic rings. The Balaban J connectivity index is 1.89. The number of thioether (sulfide) groups is 1. The van der Waals surface area contributed by atoms with Crippen LogP contribution in [-0.4, -0.2) is 33.0 Å². The van der Waals surface area contributed by atoms with E-state index >= 15 is 0 Å². The first-order valence-electron chi connectivity index (χ1n) is 12.5. The number of nitrogens with zero attached hydrogens (tertiary/aromatic N) is 3. The van der Waals surface area contributed by atoms with Crippen molar-refractivity contribution >= 4 is 24.0 Å². The van der Waals surface area contributed by atoms with Crippen LogP contribution in [0, 0.1) is 6.92 Å². The maximum Gasteiger partial charge on any atom is 0.214 e. The zero-order valence-corrected chi connectivity index (χ0v) is 22.4. The standard InChI is InChI=1S/C31H32N4O2S/c1-23(35(22-37)21-25-20-33-24(2)34-30(25)32)29(18-19-36)38-31(26-12-6-3-7-13-26,27-14-8-4-9-15-27)28-16-10-5-11-17-28/h3-17,20,22,36H,18-19,21H2,1-2H3,(H2,32,33,34). The van der Waals surface area contributed by atoms with E-state index in [-0.39, 0.29) is 13.2 Å². The molecule has 1 heterocycles. The maximum atomic E-state index is 12.4. The van der Waals surface area contributed by atoms with Gasteiger partial charge >= 0.3 is 0 Å². The number of carbonyl (C=O) groups excluding carboxylic acids is 1. The lowest BCUT2D eigenvalue weighted by Gasteiger charge is -2.37. The number of aliphatic hydroxyl groups is 1. The highest BCUT2D eigenvalue weighted by molar-refractivity contribution is 8.04. The number of nitrogens with two attached hydrogens (primary N) is 1. The van der Waals surface area contributed by atoms with Crippen LogP contribution in [0.5, 0.6) is 0 Å². The highest BCUT2D eigenvalue weighted by Gasteiger charge is 2.38. The Morgan fingerprint density at radius 3 is 1.87 bits per heavy atom. The van der Waals surface area contributed by atoms with Crippen molar-refractivity contribution < 1.29 is 9.90 Å². The lowest BCUT2D eigenvalue weighted by molar-refractivity contribution is -0.116. The van der Waals surface area contributed by atoms with Gasteiger partial charge in [0.2, 0.25) is 6.41 Å². The number of aliphatic hydroxyl groups excluding tert-OH is 1. The Morgan fingerprint density at radius 2 is 1.45 bits per heavy atom. The van der Waals surface area contributed by atoms with Gasteiger partial charge in [0, 0.05) is 35.4 Å². The van der Waals surface area contributed by atoms with Crippen LogP contribution in [0.4, 0.5) is 5.82 Å². The van der Waals surface area contributed by atoms with Gasteiger partial charge < -0.3 is 15.7 Å². The summed E-state index contributed by atoms with van der Waals surface area (Å²) in [7, 11) is 0. The Bertz CT molecular complexity index is 1280. The fraction of sp³-hybridized carbons (Fsp3) is 0.194. The van der Waals surface area contributed by atoms with Gasteiger partial charge in [0.25, 0.3) is 0 Å². The molecular weight excluding hydrogens is 492 g/mol. The number of hydrogen-bond donors (Lipinski definition) is 2. The first kappa shape index (κ1) is 27.1. The van der Waals surface area contributed by atoms with Crippen molar-refractivity contribution in [2.45, 2.75) is 31.6 Å². The van der Waals surface area contributed by atoms with E-state index in [1.165, 1.54) is 0 Å². The molecule has 0 radical (unpaired) electrons. The summed E-state index contributed by atoms with van der Waals surface area (Å²) in [5, 5.41) is 10.1. The normalized spacial score (nSPS) is 12.1. The number of carbonyl (C=O) groups is 1. The molecule has 194 valence electrons. The number of amides is 1. The van der Waals surface area contributed by atoms with Gasteiger partial charge in [0.05, 0.1) is 11.3 Å². The third-order valence-electron chi connectivity index (χ3n) is 6.48. The minimum absolute atomic E-state index is 0.0589. The van der Waals surface area contributed by atoms with Gasteiger partial charge in [-0.15, -0.1) is 11.8 Å². The zero-order valence-electron chi connectivity index (χ0n) is 21.6. The van der Waals surface area contributed by atoms with E-state index in [1.54, 1.807) is 29.8 Å². The lowest BCUT2D eigenvalue weighted by Crippen LogP contribution is -2.27. The summed E-state index contributed by atoms with van der Waals surface area (Å²) in [6.45, 7) is 3.85.